The van der Waals surface area contributed by atoms with E-state index >= 15 is 0 Å². The Balaban J connectivity index is 2.04. The molecule has 4 heteroatoms. The van der Waals surface area contributed by atoms with E-state index in [9.17, 15) is 0 Å². The van der Waals surface area contributed by atoms with Crippen molar-refractivity contribution < 1.29 is 4.74 Å². The molecule has 0 unspecified atom stereocenters. The first kappa shape index (κ1) is 14.8. The van der Waals surface area contributed by atoms with Crippen LogP contribution in [0.3, 0.4) is 0 Å². The lowest BCUT2D eigenvalue weighted by Crippen LogP contribution is -2.21. The third-order valence-corrected chi connectivity index (χ3v) is 5.95. The molecule has 0 spiro atoms. The lowest BCUT2D eigenvalue weighted by Gasteiger charge is -2.15. The number of halogens is 1. The van der Waals surface area contributed by atoms with Crippen LogP contribution in [0.4, 0.5) is 0 Å². The summed E-state index contributed by atoms with van der Waals surface area (Å²) in [6.45, 7) is 10.8. The average molecular weight is 340 g/mol. The van der Waals surface area contributed by atoms with E-state index in [-0.39, 0.29) is 0 Å². The molecule has 104 valence electrons. The van der Waals surface area contributed by atoms with Gasteiger partial charge in [-0.05, 0) is 36.7 Å². The molecule has 0 radical (unpaired) electrons. The van der Waals surface area contributed by atoms with Crippen molar-refractivity contribution in [3.8, 4) is 0 Å². The van der Waals surface area contributed by atoms with E-state index in [4.69, 9.17) is 4.74 Å². The van der Waals surface area contributed by atoms with Crippen molar-refractivity contribution in [2.75, 3.05) is 6.61 Å². The molecule has 0 aliphatic heterocycles. The van der Waals surface area contributed by atoms with E-state index in [1.54, 1.807) is 0 Å². The summed E-state index contributed by atoms with van der Waals surface area (Å²) in [5.74, 6) is 0. The molecular formula is C15H22BrNOSi. The van der Waals surface area contributed by atoms with Crippen molar-refractivity contribution in [2.45, 2.75) is 39.3 Å². The second-order valence-electron chi connectivity index (χ2n) is 6.24. The van der Waals surface area contributed by atoms with Gasteiger partial charge in [-0.25, -0.2) is 0 Å². The van der Waals surface area contributed by atoms with Crippen molar-refractivity contribution in [3.05, 3.63) is 34.4 Å². The van der Waals surface area contributed by atoms with E-state index in [0.717, 1.165) is 11.1 Å². The van der Waals surface area contributed by atoms with Gasteiger partial charge < -0.3 is 9.30 Å². The highest BCUT2D eigenvalue weighted by Crippen LogP contribution is 2.26. The van der Waals surface area contributed by atoms with E-state index < -0.39 is 8.07 Å². The van der Waals surface area contributed by atoms with Crippen LogP contribution in [0.5, 0.6) is 0 Å². The van der Waals surface area contributed by atoms with E-state index in [2.05, 4.69) is 71.5 Å². The topological polar surface area (TPSA) is 14.2 Å². The summed E-state index contributed by atoms with van der Waals surface area (Å²) in [6, 6.07) is 7.64. The van der Waals surface area contributed by atoms with Crippen LogP contribution in [0, 0.1) is 6.92 Å². The van der Waals surface area contributed by atoms with Gasteiger partial charge >= 0.3 is 0 Å². The summed E-state index contributed by atoms with van der Waals surface area (Å²) in [7, 11) is -0.990. The number of benzene rings is 1. The first-order valence-electron chi connectivity index (χ1n) is 6.70. The van der Waals surface area contributed by atoms with Crippen LogP contribution in [-0.4, -0.2) is 19.2 Å². The van der Waals surface area contributed by atoms with E-state index in [1.807, 2.05) is 0 Å². The summed E-state index contributed by atoms with van der Waals surface area (Å²) < 4.78 is 9.16. The lowest BCUT2D eigenvalue weighted by atomic mass is 10.1. The predicted octanol–water partition coefficient (Wildman–Crippen LogP) is 5.02. The molecule has 0 saturated carbocycles. The third-order valence-electron chi connectivity index (χ3n) is 3.38. The highest BCUT2D eigenvalue weighted by molar-refractivity contribution is 9.10. The fourth-order valence-electron chi connectivity index (χ4n) is 2.05. The first-order valence-corrected chi connectivity index (χ1v) is 11.2. The molecule has 1 heterocycles. The Hall–Kier alpha value is -0.583. The van der Waals surface area contributed by atoms with Crippen LogP contribution in [0.15, 0.2) is 28.9 Å². The number of nitrogens with zero attached hydrogens (tertiary/aromatic N) is 1. The van der Waals surface area contributed by atoms with E-state index in [1.165, 1.54) is 22.5 Å². The molecule has 0 fully saturated rings. The van der Waals surface area contributed by atoms with Gasteiger partial charge in [0.05, 0.1) is 5.52 Å². The standard InChI is InChI=1S/C15H22BrNOSi/c1-12-13-7-8-17(15(13)6-5-14(12)16)11-18-9-10-19(2,3)4/h5-8H,9-11H2,1-4H3. The minimum absolute atomic E-state index is 0.648. The monoisotopic (exact) mass is 339 g/mol. The maximum Gasteiger partial charge on any atom is 0.122 e. The molecule has 2 aromatic rings. The molecule has 2 rings (SSSR count). The third kappa shape index (κ3) is 3.71. The van der Waals surface area contributed by atoms with Crippen molar-refractivity contribution in [1.29, 1.82) is 0 Å². The zero-order chi connectivity index (χ0) is 14.0. The zero-order valence-electron chi connectivity index (χ0n) is 12.2. The van der Waals surface area contributed by atoms with Crippen molar-refractivity contribution in [1.82, 2.24) is 4.57 Å². The van der Waals surface area contributed by atoms with Gasteiger partial charge in [-0.15, -0.1) is 0 Å². The highest BCUT2D eigenvalue weighted by Gasteiger charge is 2.12. The Bertz CT molecular complexity index is 571. The Morgan fingerprint density at radius 1 is 1.21 bits per heavy atom. The van der Waals surface area contributed by atoms with Crippen molar-refractivity contribution >= 4 is 34.9 Å². The number of aromatic nitrogens is 1. The quantitative estimate of drug-likeness (QED) is 0.550. The second-order valence-corrected chi connectivity index (χ2v) is 12.7. The van der Waals surface area contributed by atoms with Crippen LogP contribution >= 0.6 is 15.9 Å². The molecule has 0 aliphatic rings. The second kappa shape index (κ2) is 5.81. The van der Waals surface area contributed by atoms with Gasteiger partial charge in [0.25, 0.3) is 0 Å². The Morgan fingerprint density at radius 3 is 2.63 bits per heavy atom. The molecule has 0 bridgehead atoms. The van der Waals surface area contributed by atoms with Gasteiger partial charge in [-0.2, -0.15) is 0 Å². The molecular weight excluding hydrogens is 318 g/mol. The smallest absolute Gasteiger partial charge is 0.122 e. The molecule has 2 nitrogen and oxygen atoms in total. The van der Waals surface area contributed by atoms with Gasteiger partial charge in [0.2, 0.25) is 0 Å². The zero-order valence-corrected chi connectivity index (χ0v) is 14.8. The maximum absolute atomic E-state index is 5.82. The number of hydrogen-bond donors (Lipinski definition) is 0. The fourth-order valence-corrected chi connectivity index (χ4v) is 3.15. The Labute approximate surface area is 124 Å². The summed E-state index contributed by atoms with van der Waals surface area (Å²) in [6.07, 6.45) is 2.11. The Morgan fingerprint density at radius 2 is 1.95 bits per heavy atom. The normalized spacial score (nSPS) is 12.3. The van der Waals surface area contributed by atoms with Gasteiger partial charge in [0.15, 0.2) is 0 Å². The minimum atomic E-state index is -0.990. The minimum Gasteiger partial charge on any atom is -0.361 e. The van der Waals surface area contributed by atoms with Crippen LogP contribution in [0.1, 0.15) is 5.56 Å². The fraction of sp³-hybridized carbons (Fsp3) is 0.467. The molecule has 19 heavy (non-hydrogen) atoms. The largest absolute Gasteiger partial charge is 0.361 e. The van der Waals surface area contributed by atoms with Gasteiger partial charge in [-0.1, -0.05) is 35.6 Å². The van der Waals surface area contributed by atoms with Crippen molar-refractivity contribution in [3.63, 3.8) is 0 Å². The number of aryl methyl sites for hydroxylation is 1. The number of fused-ring (bicyclic) bond motifs is 1. The SMILES string of the molecule is Cc1c(Br)ccc2c1ccn2COCC[Si](C)(C)C. The highest BCUT2D eigenvalue weighted by atomic mass is 79.9. The molecule has 0 saturated heterocycles. The van der Waals surface area contributed by atoms with Gasteiger partial charge in [0, 0.05) is 30.7 Å². The van der Waals surface area contributed by atoms with Crippen LogP contribution in [0.2, 0.25) is 25.7 Å². The first-order chi connectivity index (χ1) is 8.88. The lowest BCUT2D eigenvalue weighted by molar-refractivity contribution is 0.0902. The number of ether oxygens (including phenoxy) is 1. The predicted molar refractivity (Wildman–Crippen MR) is 88.5 cm³/mol. The molecule has 1 aromatic carbocycles. The van der Waals surface area contributed by atoms with Crippen molar-refractivity contribution in [2.24, 2.45) is 0 Å². The average Bonchev–Trinajstić information content (AvgIpc) is 2.72. The van der Waals surface area contributed by atoms with Crippen LogP contribution in [0.25, 0.3) is 10.9 Å². The summed E-state index contributed by atoms with van der Waals surface area (Å²) in [5, 5.41) is 1.29. The molecule has 0 atom stereocenters. The molecule has 0 N–H and O–H groups in total. The summed E-state index contributed by atoms with van der Waals surface area (Å²) in [4.78, 5) is 0. The van der Waals surface area contributed by atoms with Crippen LogP contribution in [-0.2, 0) is 11.5 Å². The Kier molecular flexibility index (Phi) is 4.53. The summed E-state index contributed by atoms with van der Waals surface area (Å²) >= 11 is 3.58. The summed E-state index contributed by atoms with van der Waals surface area (Å²) in [5.41, 5.74) is 2.53. The van der Waals surface area contributed by atoms with E-state index in [0.29, 0.717) is 6.73 Å². The van der Waals surface area contributed by atoms with Gasteiger partial charge in [-0.3, -0.25) is 0 Å². The molecule has 0 amide bonds. The van der Waals surface area contributed by atoms with Crippen LogP contribution < -0.4 is 0 Å². The molecule has 1 aromatic heterocycles. The number of hydrogen-bond acceptors (Lipinski definition) is 1. The number of rotatable bonds is 5. The maximum atomic E-state index is 5.82. The molecule has 0 aliphatic carbocycles. The van der Waals surface area contributed by atoms with Gasteiger partial charge in [0.1, 0.15) is 6.73 Å².